The van der Waals surface area contributed by atoms with Crippen molar-refractivity contribution in [2.45, 2.75) is 37.1 Å². The zero-order chi connectivity index (χ0) is 19.3. The highest BCUT2D eigenvalue weighted by Gasteiger charge is 2.21. The van der Waals surface area contributed by atoms with E-state index in [1.807, 2.05) is 11.4 Å². The van der Waals surface area contributed by atoms with Gasteiger partial charge in [0.25, 0.3) is 5.82 Å². The molecule has 1 aromatic carbocycles. The summed E-state index contributed by atoms with van der Waals surface area (Å²) in [5.41, 5.74) is 2.50. The van der Waals surface area contributed by atoms with Crippen LogP contribution in [-0.4, -0.2) is 8.42 Å². The molecule has 3 rings (SSSR count). The third-order valence-corrected chi connectivity index (χ3v) is 6.22. The molecule has 7 heteroatoms. The summed E-state index contributed by atoms with van der Waals surface area (Å²) in [5, 5.41) is 10.7. The average molecular weight is 403 g/mol. The molecule has 0 aliphatic heterocycles. The third kappa shape index (κ3) is 5.15. The second-order valence-electron chi connectivity index (χ2n) is 6.42. The van der Waals surface area contributed by atoms with Gasteiger partial charge in [-0.15, -0.1) is 11.3 Å². The molecule has 5 nitrogen and oxygen atoms in total. The summed E-state index contributed by atoms with van der Waals surface area (Å²) >= 11 is 1.68. The fourth-order valence-electron chi connectivity index (χ4n) is 2.86. The molecule has 0 aliphatic rings. The molecule has 3 aromatic rings. The zero-order valence-corrected chi connectivity index (χ0v) is 16.8. The number of aromatic amines is 1. The minimum atomic E-state index is -3.71. The maximum atomic E-state index is 11.4. The molecule has 0 saturated carbocycles. The van der Waals surface area contributed by atoms with Gasteiger partial charge in [0.05, 0.1) is 4.88 Å². The van der Waals surface area contributed by atoms with Gasteiger partial charge in [-0.1, -0.05) is 43.7 Å². The van der Waals surface area contributed by atoms with Gasteiger partial charge in [0.15, 0.2) is 6.04 Å². The molecule has 0 saturated heterocycles. The molecule has 4 N–H and O–H groups in total. The number of aryl methyl sites for hydroxylation is 1. The molecule has 2 aromatic heterocycles. The molecule has 0 aliphatic carbocycles. The molecule has 0 bridgehead atoms. The Labute approximate surface area is 164 Å². The van der Waals surface area contributed by atoms with E-state index in [1.54, 1.807) is 17.4 Å². The Kier molecular flexibility index (Phi) is 6.26. The lowest BCUT2D eigenvalue weighted by Crippen LogP contribution is -2.21. The van der Waals surface area contributed by atoms with Crippen molar-refractivity contribution in [1.29, 1.82) is 0 Å². The monoisotopic (exact) mass is 402 g/mol. The molecule has 27 heavy (non-hydrogen) atoms. The van der Waals surface area contributed by atoms with Crippen molar-refractivity contribution in [2.24, 2.45) is 5.14 Å². The molecular formula is C20H24N3O2S2+. The first-order valence-electron chi connectivity index (χ1n) is 8.90. The number of thiophene rings is 1. The van der Waals surface area contributed by atoms with Gasteiger partial charge < -0.3 is 0 Å². The topological polar surface area (TPSA) is 86.3 Å². The maximum absolute atomic E-state index is 11.4. The van der Waals surface area contributed by atoms with E-state index >= 15 is 0 Å². The zero-order valence-electron chi connectivity index (χ0n) is 15.2. The van der Waals surface area contributed by atoms with E-state index in [9.17, 15) is 8.42 Å². The quantitative estimate of drug-likeness (QED) is 0.601. The van der Waals surface area contributed by atoms with E-state index in [0.717, 1.165) is 17.8 Å². The summed E-state index contributed by atoms with van der Waals surface area (Å²) in [4.78, 5) is 4.22. The van der Waals surface area contributed by atoms with Gasteiger partial charge in [0.2, 0.25) is 10.0 Å². The van der Waals surface area contributed by atoms with Crippen molar-refractivity contribution in [3.8, 4) is 0 Å². The Balaban J connectivity index is 1.84. The molecule has 0 unspecified atom stereocenters. The largest absolute Gasteiger partial charge is 0.273 e. The molecule has 0 fully saturated rings. The SMILES string of the molecule is CCCCc1ccc([C@H](Nc2ccc(S(N)(=O)=O)c[nH+]2)c2cccs2)cc1. The number of H-pyrrole nitrogens is 1. The van der Waals surface area contributed by atoms with Crippen LogP contribution in [0.25, 0.3) is 0 Å². The highest BCUT2D eigenvalue weighted by molar-refractivity contribution is 7.89. The van der Waals surface area contributed by atoms with Crippen molar-refractivity contribution in [3.63, 3.8) is 0 Å². The summed E-state index contributed by atoms with van der Waals surface area (Å²) in [6.07, 6.45) is 4.87. The van der Waals surface area contributed by atoms with Crippen LogP contribution in [0.2, 0.25) is 0 Å². The van der Waals surface area contributed by atoms with E-state index in [-0.39, 0.29) is 10.9 Å². The highest BCUT2D eigenvalue weighted by atomic mass is 32.2. The maximum Gasteiger partial charge on any atom is 0.273 e. The van der Waals surface area contributed by atoms with Crippen molar-refractivity contribution in [1.82, 2.24) is 0 Å². The Morgan fingerprint density at radius 2 is 1.93 bits per heavy atom. The van der Waals surface area contributed by atoms with E-state index in [4.69, 9.17) is 5.14 Å². The Morgan fingerprint density at radius 1 is 1.15 bits per heavy atom. The van der Waals surface area contributed by atoms with Gasteiger partial charge in [-0.2, -0.15) is 0 Å². The smallest absolute Gasteiger partial charge is 0.262 e. The van der Waals surface area contributed by atoms with Crippen LogP contribution >= 0.6 is 11.3 Å². The molecule has 0 radical (unpaired) electrons. The standard InChI is InChI=1S/C20H23N3O2S2/c1-2-3-5-15-7-9-16(10-8-15)20(18-6-4-13-26-18)23-19-12-11-17(14-22-19)27(21,24)25/h4,6-14,20H,2-3,5H2,1H3,(H,22,23)(H2,21,24,25)/p+1/t20-/m0/s1. The predicted octanol–water partition coefficient (Wildman–Crippen LogP) is 3.75. The Bertz CT molecular complexity index is 951. The molecule has 0 spiro atoms. The van der Waals surface area contributed by atoms with Gasteiger partial charge in [-0.25, -0.2) is 18.5 Å². The van der Waals surface area contributed by atoms with Crippen molar-refractivity contribution < 1.29 is 13.4 Å². The summed E-state index contributed by atoms with van der Waals surface area (Å²) in [6.45, 7) is 2.20. The Hall–Kier alpha value is -2.22. The van der Waals surface area contributed by atoms with Gasteiger partial charge in [0.1, 0.15) is 11.1 Å². The number of sulfonamides is 1. The lowest BCUT2D eigenvalue weighted by Gasteiger charge is -2.14. The predicted molar refractivity (Wildman–Crippen MR) is 109 cm³/mol. The summed E-state index contributed by atoms with van der Waals surface area (Å²) in [5.74, 6) is 0.718. The first-order valence-corrected chi connectivity index (χ1v) is 11.3. The van der Waals surface area contributed by atoms with Crippen LogP contribution in [0.3, 0.4) is 0 Å². The number of unbranched alkanes of at least 4 members (excludes halogenated alkanes) is 1. The van der Waals surface area contributed by atoms with Crippen LogP contribution in [0.1, 0.15) is 41.8 Å². The van der Waals surface area contributed by atoms with E-state index in [1.165, 1.54) is 35.5 Å². The van der Waals surface area contributed by atoms with E-state index in [2.05, 4.69) is 47.6 Å². The lowest BCUT2D eigenvalue weighted by atomic mass is 10.0. The Morgan fingerprint density at radius 3 is 2.48 bits per heavy atom. The number of nitrogens with two attached hydrogens (primary N) is 1. The third-order valence-electron chi connectivity index (χ3n) is 4.37. The number of nitrogens with one attached hydrogen (secondary N) is 2. The minimum absolute atomic E-state index is 0.0261. The normalized spacial score (nSPS) is 12.7. The van der Waals surface area contributed by atoms with Crippen molar-refractivity contribution in [2.75, 3.05) is 5.32 Å². The second kappa shape index (κ2) is 8.65. The first kappa shape index (κ1) is 19.5. The van der Waals surface area contributed by atoms with Crippen LogP contribution in [0, 0.1) is 0 Å². The van der Waals surface area contributed by atoms with Crippen LogP contribution in [0.4, 0.5) is 5.82 Å². The first-order chi connectivity index (χ1) is 13.0. The number of benzene rings is 1. The van der Waals surface area contributed by atoms with Crippen molar-refractivity contribution >= 4 is 27.2 Å². The average Bonchev–Trinajstić information content (AvgIpc) is 3.19. The number of rotatable bonds is 8. The van der Waals surface area contributed by atoms with Crippen LogP contribution < -0.4 is 15.4 Å². The second-order valence-corrected chi connectivity index (χ2v) is 8.96. The van der Waals surface area contributed by atoms with Crippen LogP contribution in [-0.2, 0) is 16.4 Å². The summed E-state index contributed by atoms with van der Waals surface area (Å²) < 4.78 is 22.8. The fourth-order valence-corrected chi connectivity index (χ4v) is 4.15. The number of anilines is 1. The molecule has 0 amide bonds. The van der Waals surface area contributed by atoms with Gasteiger partial charge in [-0.05, 0) is 35.9 Å². The number of pyridine rings is 1. The number of hydrogen-bond acceptors (Lipinski definition) is 4. The molecule has 142 valence electrons. The number of primary sulfonamides is 1. The number of hydrogen-bond donors (Lipinski definition) is 2. The van der Waals surface area contributed by atoms with Gasteiger partial charge in [-0.3, -0.25) is 5.32 Å². The van der Waals surface area contributed by atoms with Gasteiger partial charge >= 0.3 is 0 Å². The molecule has 2 heterocycles. The van der Waals surface area contributed by atoms with E-state index < -0.39 is 10.0 Å². The molecular weight excluding hydrogens is 378 g/mol. The molecule has 1 atom stereocenters. The van der Waals surface area contributed by atoms with Gasteiger partial charge in [0, 0.05) is 11.6 Å². The van der Waals surface area contributed by atoms with Crippen LogP contribution in [0.5, 0.6) is 0 Å². The fraction of sp³-hybridized carbons (Fsp3) is 0.250. The summed E-state index contributed by atoms with van der Waals surface area (Å²) in [6, 6.07) is 15.9. The summed E-state index contributed by atoms with van der Waals surface area (Å²) in [7, 11) is -3.71. The van der Waals surface area contributed by atoms with Crippen molar-refractivity contribution in [3.05, 3.63) is 76.1 Å². The highest BCUT2D eigenvalue weighted by Crippen LogP contribution is 2.29. The lowest BCUT2D eigenvalue weighted by molar-refractivity contribution is -0.364. The van der Waals surface area contributed by atoms with E-state index in [0.29, 0.717) is 0 Å². The number of aromatic nitrogens is 1. The minimum Gasteiger partial charge on any atom is -0.262 e. The van der Waals surface area contributed by atoms with Crippen LogP contribution in [0.15, 0.2) is 65.0 Å².